The smallest absolute Gasteiger partial charge is 0.268 e. The Morgan fingerprint density at radius 3 is 2.65 bits per heavy atom. The van der Waals surface area contributed by atoms with Gasteiger partial charge in [0.1, 0.15) is 17.0 Å². The Labute approximate surface area is 151 Å². The number of rotatable bonds is 3. The number of hydrogen-bond donors (Lipinski definition) is 0. The molecule has 0 N–H and O–H groups in total. The maximum absolute atomic E-state index is 13.1. The Morgan fingerprint density at radius 1 is 1.12 bits per heavy atom. The minimum absolute atomic E-state index is 0.111. The molecule has 0 spiro atoms. The fourth-order valence-corrected chi connectivity index (χ4v) is 3.03. The third-order valence-electron chi connectivity index (χ3n) is 4.39. The van der Waals surface area contributed by atoms with E-state index in [1.165, 1.54) is 0 Å². The number of hydrogen-bond acceptors (Lipinski definition) is 5. The van der Waals surface area contributed by atoms with Gasteiger partial charge in [-0.15, -0.1) is 0 Å². The zero-order valence-electron chi connectivity index (χ0n) is 14.6. The van der Waals surface area contributed by atoms with Crippen LogP contribution in [-0.4, -0.2) is 41.9 Å². The van der Waals surface area contributed by atoms with Crippen LogP contribution in [0.5, 0.6) is 0 Å². The molecule has 0 unspecified atom stereocenters. The van der Waals surface area contributed by atoms with Gasteiger partial charge in [0, 0.05) is 25.5 Å². The summed E-state index contributed by atoms with van der Waals surface area (Å²) in [6.07, 6.45) is 3.44. The number of aryl methyl sites for hydroxylation is 1. The van der Waals surface area contributed by atoms with Crippen LogP contribution in [0, 0.1) is 6.92 Å². The predicted molar refractivity (Wildman–Crippen MR) is 103 cm³/mol. The lowest BCUT2D eigenvalue weighted by molar-refractivity contribution is 0.122. The van der Waals surface area contributed by atoms with Gasteiger partial charge in [0.15, 0.2) is 0 Å². The van der Waals surface area contributed by atoms with E-state index in [1.807, 2.05) is 55.6 Å². The molecule has 2 aromatic heterocycles. The molecule has 3 aromatic rings. The summed E-state index contributed by atoms with van der Waals surface area (Å²) in [5.41, 5.74) is 2.83. The highest BCUT2D eigenvalue weighted by Gasteiger charge is 2.19. The lowest BCUT2D eigenvalue weighted by Gasteiger charge is -2.28. The van der Waals surface area contributed by atoms with E-state index >= 15 is 0 Å². The van der Waals surface area contributed by atoms with Crippen LogP contribution in [0.25, 0.3) is 5.65 Å². The zero-order chi connectivity index (χ0) is 17.9. The molecule has 0 aliphatic carbocycles. The van der Waals surface area contributed by atoms with Gasteiger partial charge in [-0.05, 0) is 30.7 Å². The largest absolute Gasteiger partial charge is 0.378 e. The molecule has 6 nitrogen and oxygen atoms in total. The summed E-state index contributed by atoms with van der Waals surface area (Å²) in [5, 5.41) is 0. The highest BCUT2D eigenvalue weighted by Crippen LogP contribution is 2.18. The van der Waals surface area contributed by atoms with Crippen LogP contribution in [-0.2, 0) is 4.74 Å². The molecule has 1 saturated heterocycles. The van der Waals surface area contributed by atoms with Crippen molar-refractivity contribution in [2.75, 3.05) is 31.2 Å². The van der Waals surface area contributed by atoms with Crippen LogP contribution in [0.1, 0.15) is 11.1 Å². The van der Waals surface area contributed by atoms with Crippen molar-refractivity contribution in [1.82, 2.24) is 9.38 Å². The summed E-state index contributed by atoms with van der Waals surface area (Å²) in [5.74, 6) is 0.668. The third kappa shape index (κ3) is 3.23. The summed E-state index contributed by atoms with van der Waals surface area (Å²) >= 11 is 0. The van der Waals surface area contributed by atoms with E-state index in [2.05, 4.69) is 9.89 Å². The minimum atomic E-state index is -0.111. The fraction of sp³-hybridized carbons (Fsp3) is 0.250. The number of pyridine rings is 1. The molecule has 0 atom stereocenters. The quantitative estimate of drug-likeness (QED) is 0.683. The molecule has 1 aliphatic heterocycles. The Hall–Kier alpha value is -2.99. The first-order valence-corrected chi connectivity index (χ1v) is 8.67. The van der Waals surface area contributed by atoms with Gasteiger partial charge in [-0.25, -0.2) is 4.98 Å². The fourth-order valence-electron chi connectivity index (χ4n) is 3.03. The average Bonchev–Trinajstić information content (AvgIpc) is 2.69. The molecular weight excluding hydrogens is 328 g/mol. The van der Waals surface area contributed by atoms with Crippen molar-refractivity contribution in [2.45, 2.75) is 6.92 Å². The number of fused-ring (bicyclic) bond motifs is 1. The van der Waals surface area contributed by atoms with E-state index in [1.54, 1.807) is 10.6 Å². The van der Waals surface area contributed by atoms with Crippen molar-refractivity contribution in [2.24, 2.45) is 4.99 Å². The van der Waals surface area contributed by atoms with Crippen molar-refractivity contribution in [3.05, 3.63) is 70.1 Å². The Kier molecular flexibility index (Phi) is 4.50. The number of para-hydroxylation sites is 1. The molecular formula is C20H20N4O2. The van der Waals surface area contributed by atoms with Crippen LogP contribution in [0.3, 0.4) is 0 Å². The molecule has 26 heavy (non-hydrogen) atoms. The van der Waals surface area contributed by atoms with E-state index in [9.17, 15) is 4.79 Å². The van der Waals surface area contributed by atoms with Crippen LogP contribution in [0.15, 0.2) is 58.4 Å². The lowest BCUT2D eigenvalue weighted by atomic mass is 10.2. The van der Waals surface area contributed by atoms with E-state index in [4.69, 9.17) is 9.72 Å². The lowest BCUT2D eigenvalue weighted by Crippen LogP contribution is -2.39. The van der Waals surface area contributed by atoms with Crippen LogP contribution in [0.4, 0.5) is 11.5 Å². The normalized spacial score (nSPS) is 15.0. The molecule has 0 saturated carbocycles. The second-order valence-electron chi connectivity index (χ2n) is 6.28. The summed E-state index contributed by atoms with van der Waals surface area (Å²) in [6, 6.07) is 13.4. The molecule has 1 fully saturated rings. The minimum Gasteiger partial charge on any atom is -0.378 e. The highest BCUT2D eigenvalue weighted by atomic mass is 16.5. The molecule has 132 valence electrons. The highest BCUT2D eigenvalue weighted by molar-refractivity contribution is 5.88. The second kappa shape index (κ2) is 7.09. The maximum Gasteiger partial charge on any atom is 0.268 e. The SMILES string of the molecule is Cc1ccc2nc(N3CCOCC3)c(C=Nc3ccccc3)c(=O)n2c1. The summed E-state index contributed by atoms with van der Waals surface area (Å²) in [4.78, 5) is 24.5. The van der Waals surface area contributed by atoms with E-state index < -0.39 is 0 Å². The first-order valence-electron chi connectivity index (χ1n) is 8.67. The molecule has 1 aliphatic rings. The van der Waals surface area contributed by atoms with E-state index in [-0.39, 0.29) is 5.56 Å². The van der Waals surface area contributed by atoms with Gasteiger partial charge in [0.05, 0.1) is 18.9 Å². The molecule has 3 heterocycles. The number of benzene rings is 1. The summed E-state index contributed by atoms with van der Waals surface area (Å²) in [7, 11) is 0. The molecule has 0 radical (unpaired) electrons. The zero-order valence-corrected chi connectivity index (χ0v) is 14.6. The number of anilines is 1. The second-order valence-corrected chi connectivity index (χ2v) is 6.28. The monoisotopic (exact) mass is 348 g/mol. The first-order chi connectivity index (χ1) is 12.7. The first kappa shape index (κ1) is 16.5. The molecule has 6 heteroatoms. The van der Waals surface area contributed by atoms with Crippen molar-refractivity contribution in [3.63, 3.8) is 0 Å². The number of nitrogens with zero attached hydrogens (tertiary/aromatic N) is 4. The van der Waals surface area contributed by atoms with Gasteiger partial charge in [0.2, 0.25) is 0 Å². The van der Waals surface area contributed by atoms with E-state index in [0.717, 1.165) is 11.3 Å². The van der Waals surface area contributed by atoms with Gasteiger partial charge < -0.3 is 9.64 Å². The Morgan fingerprint density at radius 2 is 1.88 bits per heavy atom. The topological polar surface area (TPSA) is 59.2 Å². The molecule has 0 amide bonds. The van der Waals surface area contributed by atoms with Gasteiger partial charge in [0.25, 0.3) is 5.56 Å². The number of morpholine rings is 1. The molecule has 4 rings (SSSR count). The molecule has 1 aromatic carbocycles. The van der Waals surface area contributed by atoms with Crippen LogP contribution >= 0.6 is 0 Å². The van der Waals surface area contributed by atoms with Crippen molar-refractivity contribution in [3.8, 4) is 0 Å². The van der Waals surface area contributed by atoms with Crippen molar-refractivity contribution >= 4 is 23.4 Å². The molecule has 0 bridgehead atoms. The van der Waals surface area contributed by atoms with Gasteiger partial charge in [-0.2, -0.15) is 0 Å². The number of ether oxygens (including phenoxy) is 1. The summed E-state index contributed by atoms with van der Waals surface area (Å²) in [6.45, 7) is 4.63. The Balaban J connectivity index is 1.88. The van der Waals surface area contributed by atoms with Gasteiger partial charge >= 0.3 is 0 Å². The Bertz CT molecular complexity index is 1010. The van der Waals surface area contributed by atoms with Crippen molar-refractivity contribution in [1.29, 1.82) is 0 Å². The van der Waals surface area contributed by atoms with Gasteiger partial charge in [-0.3, -0.25) is 14.2 Å². The predicted octanol–water partition coefficient (Wildman–Crippen LogP) is 2.59. The summed E-state index contributed by atoms with van der Waals surface area (Å²) < 4.78 is 7.03. The third-order valence-corrected chi connectivity index (χ3v) is 4.39. The van der Waals surface area contributed by atoms with Crippen LogP contribution < -0.4 is 10.5 Å². The standard InChI is InChI=1S/C20H20N4O2/c1-15-7-8-18-22-19(23-9-11-26-12-10-23)17(20(25)24(18)14-15)13-21-16-5-3-2-4-6-16/h2-8,13-14H,9-12H2,1H3. The number of aliphatic imine (C=N–C) groups is 1. The van der Waals surface area contributed by atoms with Crippen molar-refractivity contribution < 1.29 is 4.74 Å². The van der Waals surface area contributed by atoms with Gasteiger partial charge in [-0.1, -0.05) is 24.3 Å². The van der Waals surface area contributed by atoms with E-state index in [0.29, 0.717) is 43.3 Å². The van der Waals surface area contributed by atoms with Crippen LogP contribution in [0.2, 0.25) is 0 Å². The maximum atomic E-state index is 13.1. The number of aromatic nitrogens is 2. The average molecular weight is 348 g/mol.